The highest BCUT2D eigenvalue weighted by Crippen LogP contribution is 2.30. The molecule has 3 rings (SSSR count). The molecule has 0 saturated carbocycles. The van der Waals surface area contributed by atoms with Crippen LogP contribution in [0.3, 0.4) is 0 Å². The third-order valence-corrected chi connectivity index (χ3v) is 4.60. The first-order chi connectivity index (χ1) is 11.1. The van der Waals surface area contributed by atoms with E-state index in [1.54, 1.807) is 18.2 Å². The molecule has 0 fully saturated rings. The summed E-state index contributed by atoms with van der Waals surface area (Å²) >= 11 is 7.06. The quantitative estimate of drug-likeness (QED) is 0.488. The van der Waals surface area contributed by atoms with Crippen LogP contribution in [0, 0.1) is 0 Å². The molecule has 4 heteroatoms. The van der Waals surface area contributed by atoms with Crippen molar-refractivity contribution in [1.29, 1.82) is 0 Å². The van der Waals surface area contributed by atoms with Gasteiger partial charge in [-0.25, -0.2) is 4.79 Å². The van der Waals surface area contributed by atoms with Gasteiger partial charge in [-0.05, 0) is 52.7 Å². The van der Waals surface area contributed by atoms with Gasteiger partial charge in [0.05, 0.1) is 4.91 Å². The minimum Gasteiger partial charge on any atom is -0.477 e. The second-order valence-electron chi connectivity index (χ2n) is 4.98. The number of carboxylic acids is 1. The Balaban J connectivity index is 1.93. The van der Waals surface area contributed by atoms with Gasteiger partial charge in [-0.15, -0.1) is 0 Å². The lowest BCUT2D eigenvalue weighted by atomic mass is 10.1. The second-order valence-corrected chi connectivity index (χ2v) is 6.53. The average Bonchev–Trinajstić information content (AvgIpc) is 2.56. The highest BCUT2D eigenvalue weighted by Gasteiger charge is 2.10. The van der Waals surface area contributed by atoms with Crippen LogP contribution in [0.1, 0.15) is 5.56 Å². The molecule has 0 amide bonds. The van der Waals surface area contributed by atoms with E-state index in [4.69, 9.17) is 11.6 Å². The van der Waals surface area contributed by atoms with E-state index < -0.39 is 5.97 Å². The minimum absolute atomic E-state index is 0.266. The minimum atomic E-state index is -0.946. The summed E-state index contributed by atoms with van der Waals surface area (Å²) in [6, 6.07) is 21.0. The summed E-state index contributed by atoms with van der Waals surface area (Å²) < 4.78 is 0. The molecule has 3 aromatic carbocycles. The number of thioether (sulfide) groups is 1. The van der Waals surface area contributed by atoms with Gasteiger partial charge in [-0.2, -0.15) is 0 Å². The van der Waals surface area contributed by atoms with Crippen LogP contribution in [0.5, 0.6) is 0 Å². The number of rotatable bonds is 4. The van der Waals surface area contributed by atoms with Crippen molar-refractivity contribution in [2.45, 2.75) is 4.90 Å². The predicted molar refractivity (Wildman–Crippen MR) is 96.9 cm³/mol. The van der Waals surface area contributed by atoms with Gasteiger partial charge in [0.1, 0.15) is 0 Å². The van der Waals surface area contributed by atoms with Crippen LogP contribution >= 0.6 is 23.4 Å². The summed E-state index contributed by atoms with van der Waals surface area (Å²) in [6.45, 7) is 0. The van der Waals surface area contributed by atoms with Crippen molar-refractivity contribution in [2.75, 3.05) is 0 Å². The fourth-order valence-corrected chi connectivity index (χ4v) is 3.15. The Labute approximate surface area is 143 Å². The average molecular weight is 341 g/mol. The SMILES string of the molecule is O=C(O)/C(=C/c1ccc2ccccc2c1)Sc1ccc(Cl)cc1. The number of halogens is 1. The van der Waals surface area contributed by atoms with Gasteiger partial charge in [0, 0.05) is 9.92 Å². The Kier molecular flexibility index (Phi) is 4.70. The van der Waals surface area contributed by atoms with E-state index in [9.17, 15) is 9.90 Å². The van der Waals surface area contributed by atoms with Crippen LogP contribution in [0.2, 0.25) is 5.02 Å². The number of aliphatic carboxylic acids is 1. The molecule has 0 saturated heterocycles. The Morgan fingerprint density at radius 2 is 1.65 bits per heavy atom. The van der Waals surface area contributed by atoms with Crippen LogP contribution in [-0.2, 0) is 4.79 Å². The Morgan fingerprint density at radius 3 is 2.35 bits per heavy atom. The van der Waals surface area contributed by atoms with Gasteiger partial charge >= 0.3 is 5.97 Å². The van der Waals surface area contributed by atoms with Gasteiger partial charge in [0.15, 0.2) is 0 Å². The summed E-state index contributed by atoms with van der Waals surface area (Å²) in [5.41, 5.74) is 0.863. The van der Waals surface area contributed by atoms with Crippen molar-refractivity contribution in [3.8, 4) is 0 Å². The molecule has 0 aliphatic heterocycles. The smallest absolute Gasteiger partial charge is 0.342 e. The highest BCUT2D eigenvalue weighted by atomic mass is 35.5. The first kappa shape index (κ1) is 15.7. The van der Waals surface area contributed by atoms with Gasteiger partial charge in [0.25, 0.3) is 0 Å². The number of carboxylic acid groups (broad SMARTS) is 1. The fourth-order valence-electron chi connectivity index (χ4n) is 2.21. The molecule has 3 aromatic rings. The van der Waals surface area contributed by atoms with E-state index in [0.717, 1.165) is 21.2 Å². The van der Waals surface area contributed by atoms with Crippen LogP contribution in [0.4, 0.5) is 0 Å². The van der Waals surface area contributed by atoms with Crippen LogP contribution in [0.25, 0.3) is 16.8 Å². The largest absolute Gasteiger partial charge is 0.477 e. The van der Waals surface area contributed by atoms with E-state index in [1.807, 2.05) is 54.6 Å². The first-order valence-electron chi connectivity index (χ1n) is 6.99. The lowest BCUT2D eigenvalue weighted by Crippen LogP contribution is -1.96. The zero-order chi connectivity index (χ0) is 16.2. The standard InChI is InChI=1S/C19H13ClO2S/c20-16-7-9-17(10-8-16)23-18(19(21)22)12-13-5-6-14-3-1-2-4-15(14)11-13/h1-12H,(H,21,22)/b18-12-. The maximum Gasteiger partial charge on any atom is 0.342 e. The molecule has 0 aromatic heterocycles. The summed E-state index contributed by atoms with van der Waals surface area (Å²) in [5, 5.41) is 12.3. The normalized spacial score (nSPS) is 11.6. The molecular weight excluding hydrogens is 328 g/mol. The van der Waals surface area contributed by atoms with Crippen LogP contribution < -0.4 is 0 Å². The summed E-state index contributed by atoms with van der Waals surface area (Å²) in [4.78, 5) is 12.6. The first-order valence-corrected chi connectivity index (χ1v) is 8.18. The van der Waals surface area contributed by atoms with Crippen molar-refractivity contribution in [3.63, 3.8) is 0 Å². The maximum atomic E-state index is 11.5. The molecule has 0 heterocycles. The lowest BCUT2D eigenvalue weighted by molar-refractivity contribution is -0.131. The monoisotopic (exact) mass is 340 g/mol. The third kappa shape index (κ3) is 3.95. The highest BCUT2D eigenvalue weighted by molar-refractivity contribution is 8.04. The molecular formula is C19H13ClO2S. The fraction of sp³-hybridized carbons (Fsp3) is 0. The molecule has 0 atom stereocenters. The molecule has 0 unspecified atom stereocenters. The van der Waals surface area contributed by atoms with Gasteiger partial charge in [-0.3, -0.25) is 0 Å². The molecule has 0 radical (unpaired) electrons. The van der Waals surface area contributed by atoms with Crippen molar-refractivity contribution >= 4 is 46.2 Å². The van der Waals surface area contributed by atoms with Gasteiger partial charge in [0.2, 0.25) is 0 Å². The van der Waals surface area contributed by atoms with Crippen LogP contribution in [0.15, 0.2) is 76.5 Å². The zero-order valence-electron chi connectivity index (χ0n) is 12.1. The van der Waals surface area contributed by atoms with Crippen molar-refractivity contribution in [3.05, 3.63) is 82.2 Å². The number of benzene rings is 3. The van der Waals surface area contributed by atoms with Crippen molar-refractivity contribution in [1.82, 2.24) is 0 Å². The molecule has 23 heavy (non-hydrogen) atoms. The Morgan fingerprint density at radius 1 is 0.957 bits per heavy atom. The number of hydrogen-bond acceptors (Lipinski definition) is 2. The number of hydrogen-bond donors (Lipinski definition) is 1. The summed E-state index contributed by atoms with van der Waals surface area (Å²) in [7, 11) is 0. The molecule has 0 aliphatic rings. The number of fused-ring (bicyclic) bond motifs is 1. The lowest BCUT2D eigenvalue weighted by Gasteiger charge is -2.04. The van der Waals surface area contributed by atoms with Gasteiger partial charge in [-0.1, -0.05) is 59.8 Å². The van der Waals surface area contributed by atoms with E-state index in [2.05, 4.69) is 0 Å². The maximum absolute atomic E-state index is 11.5. The topological polar surface area (TPSA) is 37.3 Å². The molecule has 1 N–H and O–H groups in total. The molecule has 114 valence electrons. The molecule has 0 spiro atoms. The third-order valence-electron chi connectivity index (χ3n) is 3.32. The Hall–Kier alpha value is -2.23. The van der Waals surface area contributed by atoms with Crippen molar-refractivity contribution < 1.29 is 9.90 Å². The molecule has 2 nitrogen and oxygen atoms in total. The van der Waals surface area contributed by atoms with Crippen molar-refractivity contribution in [2.24, 2.45) is 0 Å². The van der Waals surface area contributed by atoms with E-state index in [0.29, 0.717) is 5.02 Å². The summed E-state index contributed by atoms with van der Waals surface area (Å²) in [6.07, 6.45) is 1.69. The van der Waals surface area contributed by atoms with Gasteiger partial charge < -0.3 is 5.11 Å². The molecule has 0 aliphatic carbocycles. The second kappa shape index (κ2) is 6.90. The molecule has 0 bridgehead atoms. The van der Waals surface area contributed by atoms with Crippen LogP contribution in [-0.4, -0.2) is 11.1 Å². The van der Waals surface area contributed by atoms with E-state index in [-0.39, 0.29) is 4.91 Å². The Bertz CT molecular complexity index is 885. The summed E-state index contributed by atoms with van der Waals surface area (Å²) in [5.74, 6) is -0.946. The number of carbonyl (C=O) groups is 1. The zero-order valence-corrected chi connectivity index (χ0v) is 13.6. The van der Waals surface area contributed by atoms with E-state index >= 15 is 0 Å². The van der Waals surface area contributed by atoms with E-state index in [1.165, 1.54) is 11.8 Å². The predicted octanol–water partition coefficient (Wildman–Crippen LogP) is 5.71.